The number of rotatable bonds is 4. The van der Waals surface area contributed by atoms with E-state index >= 15 is 0 Å². The Labute approximate surface area is 133 Å². The molecular formula is C17H31N3O2. The molecule has 126 valence electrons. The van der Waals surface area contributed by atoms with Crippen LogP contribution in [0.5, 0.6) is 0 Å². The number of amides is 1. The standard InChI is InChI=1S/C17H31N3O2/c1-3-14-10-20(7-6-19(14)9-11(2)21)17(22)15-12-4-5-13(8-12)16(15)18/h11-16,21H,3-10,18H2,1-2H3. The van der Waals surface area contributed by atoms with E-state index in [-0.39, 0.29) is 18.1 Å². The fourth-order valence-corrected chi connectivity index (χ4v) is 4.97. The van der Waals surface area contributed by atoms with Crippen LogP contribution in [0, 0.1) is 17.8 Å². The van der Waals surface area contributed by atoms with Crippen molar-refractivity contribution in [3.05, 3.63) is 0 Å². The second-order valence-corrected chi connectivity index (χ2v) is 7.63. The van der Waals surface area contributed by atoms with Gasteiger partial charge in [-0.15, -0.1) is 0 Å². The van der Waals surface area contributed by atoms with Crippen molar-refractivity contribution in [3.8, 4) is 0 Å². The van der Waals surface area contributed by atoms with Gasteiger partial charge in [0.25, 0.3) is 0 Å². The minimum atomic E-state index is -0.310. The maximum atomic E-state index is 13.0. The molecular weight excluding hydrogens is 278 g/mol. The van der Waals surface area contributed by atoms with Gasteiger partial charge in [-0.3, -0.25) is 9.69 Å². The molecule has 6 unspecified atom stereocenters. The van der Waals surface area contributed by atoms with E-state index in [4.69, 9.17) is 5.73 Å². The Morgan fingerprint density at radius 3 is 2.64 bits per heavy atom. The van der Waals surface area contributed by atoms with Crippen molar-refractivity contribution in [3.63, 3.8) is 0 Å². The molecule has 0 aromatic heterocycles. The lowest BCUT2D eigenvalue weighted by Gasteiger charge is -2.43. The highest BCUT2D eigenvalue weighted by molar-refractivity contribution is 5.80. The van der Waals surface area contributed by atoms with E-state index in [9.17, 15) is 9.90 Å². The molecule has 22 heavy (non-hydrogen) atoms. The maximum Gasteiger partial charge on any atom is 0.227 e. The number of hydrogen-bond acceptors (Lipinski definition) is 4. The molecule has 0 spiro atoms. The van der Waals surface area contributed by atoms with E-state index in [0.29, 0.717) is 30.3 Å². The van der Waals surface area contributed by atoms with Gasteiger partial charge in [0.05, 0.1) is 12.0 Å². The van der Waals surface area contributed by atoms with Crippen LogP contribution in [0.1, 0.15) is 39.5 Å². The summed E-state index contributed by atoms with van der Waals surface area (Å²) in [6.07, 6.45) is 4.27. The quantitative estimate of drug-likeness (QED) is 0.800. The Morgan fingerprint density at radius 1 is 1.32 bits per heavy atom. The highest BCUT2D eigenvalue weighted by Crippen LogP contribution is 2.48. The summed E-state index contributed by atoms with van der Waals surface area (Å²) < 4.78 is 0. The smallest absolute Gasteiger partial charge is 0.227 e. The molecule has 3 N–H and O–H groups in total. The number of carbonyl (C=O) groups is 1. The normalized spacial score (nSPS) is 40.2. The molecule has 0 aromatic carbocycles. The van der Waals surface area contributed by atoms with Gasteiger partial charge in [-0.25, -0.2) is 0 Å². The van der Waals surface area contributed by atoms with Gasteiger partial charge in [0.2, 0.25) is 5.91 Å². The monoisotopic (exact) mass is 309 g/mol. The van der Waals surface area contributed by atoms with Gasteiger partial charge in [-0.1, -0.05) is 6.92 Å². The summed E-state index contributed by atoms with van der Waals surface area (Å²) in [5, 5.41) is 9.63. The summed E-state index contributed by atoms with van der Waals surface area (Å²) in [5.74, 6) is 1.48. The van der Waals surface area contributed by atoms with Gasteiger partial charge < -0.3 is 15.7 Å². The number of aliphatic hydroxyl groups is 1. The highest BCUT2D eigenvalue weighted by Gasteiger charge is 2.50. The third kappa shape index (κ3) is 2.91. The number of nitrogens with zero attached hydrogens (tertiary/aromatic N) is 2. The fraction of sp³-hybridized carbons (Fsp3) is 0.941. The molecule has 2 saturated carbocycles. The Morgan fingerprint density at radius 2 is 2.05 bits per heavy atom. The summed E-state index contributed by atoms with van der Waals surface area (Å²) in [6, 6.07) is 0.448. The molecule has 3 rings (SSSR count). The Hall–Kier alpha value is -0.650. The number of aliphatic hydroxyl groups excluding tert-OH is 1. The van der Waals surface area contributed by atoms with Gasteiger partial charge in [0.15, 0.2) is 0 Å². The van der Waals surface area contributed by atoms with Crippen molar-refractivity contribution in [1.82, 2.24) is 9.80 Å². The Bertz CT molecular complexity index is 413. The predicted octanol–water partition coefficient (Wildman–Crippen LogP) is 0.663. The second-order valence-electron chi connectivity index (χ2n) is 7.63. The molecule has 2 aliphatic carbocycles. The fourth-order valence-electron chi connectivity index (χ4n) is 4.97. The number of β-amino-alcohol motifs (C(OH)–C–C–N with tert-alkyl or cyclic N) is 1. The lowest BCUT2D eigenvalue weighted by Crippen LogP contribution is -2.58. The molecule has 1 aliphatic heterocycles. The van der Waals surface area contributed by atoms with Gasteiger partial charge >= 0.3 is 0 Å². The molecule has 5 heteroatoms. The number of fused-ring (bicyclic) bond motifs is 2. The van der Waals surface area contributed by atoms with E-state index in [1.807, 2.05) is 6.92 Å². The Kier molecular flexibility index (Phi) is 4.76. The average Bonchev–Trinajstić information content (AvgIpc) is 3.07. The molecule has 2 bridgehead atoms. The summed E-state index contributed by atoms with van der Waals surface area (Å²) in [4.78, 5) is 17.4. The zero-order chi connectivity index (χ0) is 15.9. The summed E-state index contributed by atoms with van der Waals surface area (Å²) in [6.45, 7) is 7.14. The van der Waals surface area contributed by atoms with Crippen LogP contribution in [-0.2, 0) is 4.79 Å². The molecule has 0 aromatic rings. The van der Waals surface area contributed by atoms with Crippen molar-refractivity contribution in [1.29, 1.82) is 0 Å². The molecule has 3 aliphatic rings. The van der Waals surface area contributed by atoms with Gasteiger partial charge in [-0.05, 0) is 44.4 Å². The maximum absolute atomic E-state index is 13.0. The first-order valence-corrected chi connectivity index (χ1v) is 8.97. The van der Waals surface area contributed by atoms with E-state index < -0.39 is 0 Å². The molecule has 6 atom stereocenters. The summed E-state index contributed by atoms with van der Waals surface area (Å²) in [7, 11) is 0. The van der Waals surface area contributed by atoms with Crippen LogP contribution in [0.2, 0.25) is 0 Å². The van der Waals surface area contributed by atoms with Crippen LogP contribution in [0.3, 0.4) is 0 Å². The molecule has 0 radical (unpaired) electrons. The van der Waals surface area contributed by atoms with Crippen LogP contribution in [0.4, 0.5) is 0 Å². The van der Waals surface area contributed by atoms with Crippen LogP contribution >= 0.6 is 0 Å². The molecule has 1 saturated heterocycles. The van der Waals surface area contributed by atoms with Crippen molar-refractivity contribution in [2.75, 3.05) is 26.2 Å². The SMILES string of the molecule is CCC1CN(C(=O)C2C3CCC(C3)C2N)CCN1CC(C)O. The van der Waals surface area contributed by atoms with E-state index in [1.165, 1.54) is 12.8 Å². The van der Waals surface area contributed by atoms with Crippen molar-refractivity contribution in [2.45, 2.75) is 57.7 Å². The van der Waals surface area contributed by atoms with Crippen LogP contribution in [0.25, 0.3) is 0 Å². The zero-order valence-corrected chi connectivity index (χ0v) is 13.9. The zero-order valence-electron chi connectivity index (χ0n) is 13.9. The van der Waals surface area contributed by atoms with Crippen molar-refractivity contribution < 1.29 is 9.90 Å². The van der Waals surface area contributed by atoms with Gasteiger partial charge in [0, 0.05) is 38.3 Å². The van der Waals surface area contributed by atoms with Gasteiger partial charge in [-0.2, -0.15) is 0 Å². The molecule has 1 heterocycles. The molecule has 5 nitrogen and oxygen atoms in total. The van der Waals surface area contributed by atoms with Crippen molar-refractivity contribution >= 4 is 5.91 Å². The first kappa shape index (κ1) is 16.2. The number of carbonyl (C=O) groups excluding carboxylic acids is 1. The second kappa shape index (κ2) is 6.46. The largest absolute Gasteiger partial charge is 0.392 e. The lowest BCUT2D eigenvalue weighted by molar-refractivity contribution is -0.141. The number of hydrogen-bond donors (Lipinski definition) is 2. The van der Waals surface area contributed by atoms with Crippen LogP contribution in [-0.4, -0.2) is 65.2 Å². The topological polar surface area (TPSA) is 69.8 Å². The summed E-state index contributed by atoms with van der Waals surface area (Å²) in [5.41, 5.74) is 6.34. The predicted molar refractivity (Wildman–Crippen MR) is 86.2 cm³/mol. The van der Waals surface area contributed by atoms with E-state index in [2.05, 4.69) is 16.7 Å². The summed E-state index contributed by atoms with van der Waals surface area (Å²) >= 11 is 0. The number of piperazine rings is 1. The lowest BCUT2D eigenvalue weighted by atomic mass is 9.83. The third-order valence-corrected chi connectivity index (χ3v) is 6.15. The Balaban J connectivity index is 1.62. The number of nitrogens with two attached hydrogens (primary N) is 1. The first-order valence-electron chi connectivity index (χ1n) is 8.97. The minimum absolute atomic E-state index is 0.0690. The van der Waals surface area contributed by atoms with Crippen LogP contribution in [0.15, 0.2) is 0 Å². The minimum Gasteiger partial charge on any atom is -0.392 e. The van der Waals surface area contributed by atoms with E-state index in [0.717, 1.165) is 32.5 Å². The van der Waals surface area contributed by atoms with E-state index in [1.54, 1.807) is 0 Å². The van der Waals surface area contributed by atoms with Crippen LogP contribution < -0.4 is 5.73 Å². The third-order valence-electron chi connectivity index (χ3n) is 6.15. The highest BCUT2D eigenvalue weighted by atomic mass is 16.3. The first-order chi connectivity index (χ1) is 10.5. The molecule has 1 amide bonds. The molecule has 3 fully saturated rings. The average molecular weight is 309 g/mol. The van der Waals surface area contributed by atoms with Gasteiger partial charge in [0.1, 0.15) is 0 Å². The van der Waals surface area contributed by atoms with Crippen molar-refractivity contribution in [2.24, 2.45) is 23.5 Å².